The van der Waals surface area contributed by atoms with Gasteiger partial charge in [0.1, 0.15) is 17.9 Å². The van der Waals surface area contributed by atoms with Gasteiger partial charge in [-0.15, -0.1) is 0 Å². The Kier molecular flexibility index (Phi) is 6.53. The number of carbonyl (C=O) groups excluding carboxylic acids is 3. The van der Waals surface area contributed by atoms with Crippen LogP contribution in [0.25, 0.3) is 0 Å². The van der Waals surface area contributed by atoms with Gasteiger partial charge in [-0.25, -0.2) is 0 Å². The molecule has 2 fully saturated rings. The number of imide groups is 1. The van der Waals surface area contributed by atoms with E-state index in [1.54, 1.807) is 11.0 Å². The lowest BCUT2D eigenvalue weighted by molar-refractivity contribution is -0.136. The van der Waals surface area contributed by atoms with Gasteiger partial charge < -0.3 is 20.1 Å². The zero-order valence-electron chi connectivity index (χ0n) is 18.9. The van der Waals surface area contributed by atoms with Gasteiger partial charge in [-0.2, -0.15) is 0 Å². The maximum absolute atomic E-state index is 12.9. The first kappa shape index (κ1) is 22.7. The van der Waals surface area contributed by atoms with Crippen molar-refractivity contribution in [1.82, 2.24) is 15.5 Å². The van der Waals surface area contributed by atoms with E-state index < -0.39 is 17.6 Å². The predicted octanol–water partition coefficient (Wildman–Crippen LogP) is 1.89. The van der Waals surface area contributed by atoms with Crippen molar-refractivity contribution < 1.29 is 24.2 Å². The summed E-state index contributed by atoms with van der Waals surface area (Å²) in [6.45, 7) is 4.70. The Hall–Kier alpha value is -2.45. The Morgan fingerprint density at radius 1 is 1.19 bits per heavy atom. The summed E-state index contributed by atoms with van der Waals surface area (Å²) in [5.41, 5.74) is 0.740. The van der Waals surface area contributed by atoms with Crippen LogP contribution in [-0.2, 0) is 16.1 Å². The zero-order valence-corrected chi connectivity index (χ0v) is 18.9. The molecule has 1 aliphatic carbocycles. The number of nitrogens with one attached hydrogen (secondary N) is 2. The van der Waals surface area contributed by atoms with E-state index in [4.69, 9.17) is 4.74 Å². The van der Waals surface area contributed by atoms with Crippen LogP contribution in [0, 0.1) is 0 Å². The van der Waals surface area contributed by atoms with Crippen molar-refractivity contribution in [1.29, 1.82) is 0 Å². The third-order valence-corrected chi connectivity index (χ3v) is 6.63. The standard InChI is InChI=1S/C24H33N3O5/c1-24(2,31)11-12-25-18-5-3-4-6-20(18)32-16-7-8-17-15(13-16)14-27(23(17)30)19-9-10-21(28)26-22(19)29/h7-8,13,18-20,25,31H,3-6,9-12,14H2,1-2H3,(H,26,28,29)/t18-,19?,20-/m1/s1. The lowest BCUT2D eigenvalue weighted by atomic mass is 9.92. The summed E-state index contributed by atoms with van der Waals surface area (Å²) in [6.07, 6.45) is 5.56. The molecule has 4 rings (SSSR count). The molecule has 1 saturated heterocycles. The molecule has 2 heterocycles. The maximum atomic E-state index is 12.9. The molecule has 1 aromatic rings. The van der Waals surface area contributed by atoms with Crippen molar-refractivity contribution in [2.75, 3.05) is 6.54 Å². The minimum absolute atomic E-state index is 0.0342. The van der Waals surface area contributed by atoms with E-state index in [1.807, 2.05) is 26.0 Å². The third-order valence-electron chi connectivity index (χ3n) is 6.63. The molecule has 8 heteroatoms. The number of nitrogens with zero attached hydrogens (tertiary/aromatic N) is 1. The molecule has 3 aliphatic rings. The van der Waals surface area contributed by atoms with Crippen LogP contribution in [0.5, 0.6) is 5.75 Å². The molecular weight excluding hydrogens is 410 g/mol. The molecule has 1 unspecified atom stereocenters. The molecule has 0 bridgehead atoms. The van der Waals surface area contributed by atoms with Crippen LogP contribution in [0.1, 0.15) is 74.7 Å². The maximum Gasteiger partial charge on any atom is 0.255 e. The van der Waals surface area contributed by atoms with Crippen LogP contribution in [-0.4, -0.2) is 58.1 Å². The second kappa shape index (κ2) is 9.19. The molecule has 3 N–H and O–H groups in total. The topological polar surface area (TPSA) is 108 Å². The van der Waals surface area contributed by atoms with E-state index >= 15 is 0 Å². The van der Waals surface area contributed by atoms with Gasteiger partial charge >= 0.3 is 0 Å². The molecule has 1 saturated carbocycles. The summed E-state index contributed by atoms with van der Waals surface area (Å²) in [5.74, 6) is -0.141. The molecular formula is C24H33N3O5. The number of rotatable bonds is 7. The summed E-state index contributed by atoms with van der Waals surface area (Å²) in [7, 11) is 0. The second-order valence-corrected chi connectivity index (χ2v) is 9.78. The summed E-state index contributed by atoms with van der Waals surface area (Å²) >= 11 is 0. The van der Waals surface area contributed by atoms with Gasteiger partial charge in [-0.3, -0.25) is 19.7 Å². The number of hydrogen-bond donors (Lipinski definition) is 3. The number of aliphatic hydroxyl groups is 1. The predicted molar refractivity (Wildman–Crippen MR) is 118 cm³/mol. The highest BCUT2D eigenvalue weighted by Crippen LogP contribution is 2.32. The average molecular weight is 444 g/mol. The first-order valence-electron chi connectivity index (χ1n) is 11.6. The van der Waals surface area contributed by atoms with E-state index in [-0.39, 0.29) is 30.4 Å². The Labute approximate surface area is 188 Å². The van der Waals surface area contributed by atoms with Crippen molar-refractivity contribution in [2.24, 2.45) is 0 Å². The number of amides is 3. The van der Waals surface area contributed by atoms with Gasteiger partial charge in [-0.05, 0) is 76.3 Å². The molecule has 1 aromatic carbocycles. The van der Waals surface area contributed by atoms with Crippen LogP contribution < -0.4 is 15.4 Å². The zero-order chi connectivity index (χ0) is 22.9. The largest absolute Gasteiger partial charge is 0.489 e. The molecule has 3 atom stereocenters. The van der Waals surface area contributed by atoms with E-state index in [2.05, 4.69) is 10.6 Å². The molecule has 32 heavy (non-hydrogen) atoms. The Morgan fingerprint density at radius 2 is 1.97 bits per heavy atom. The number of ether oxygens (including phenoxy) is 1. The fraction of sp³-hybridized carbons (Fsp3) is 0.625. The minimum Gasteiger partial charge on any atom is -0.489 e. The van der Waals surface area contributed by atoms with Gasteiger partial charge in [0.2, 0.25) is 11.8 Å². The van der Waals surface area contributed by atoms with Crippen LogP contribution in [0.15, 0.2) is 18.2 Å². The van der Waals surface area contributed by atoms with Gasteiger partial charge in [0.25, 0.3) is 5.91 Å². The fourth-order valence-electron chi connectivity index (χ4n) is 4.83. The molecule has 174 valence electrons. The van der Waals surface area contributed by atoms with Crippen molar-refractivity contribution in [3.8, 4) is 5.75 Å². The lowest BCUT2D eigenvalue weighted by Crippen LogP contribution is -2.52. The van der Waals surface area contributed by atoms with Crippen LogP contribution in [0.3, 0.4) is 0 Å². The number of benzene rings is 1. The van der Waals surface area contributed by atoms with E-state index in [9.17, 15) is 19.5 Å². The van der Waals surface area contributed by atoms with Crippen LogP contribution >= 0.6 is 0 Å². The quantitative estimate of drug-likeness (QED) is 0.556. The minimum atomic E-state index is -0.695. The highest BCUT2D eigenvalue weighted by molar-refractivity contribution is 6.05. The Balaban J connectivity index is 1.41. The van der Waals surface area contributed by atoms with Crippen LogP contribution in [0.4, 0.5) is 0 Å². The normalized spacial score (nSPS) is 26.2. The highest BCUT2D eigenvalue weighted by atomic mass is 16.5. The molecule has 3 amide bonds. The summed E-state index contributed by atoms with van der Waals surface area (Å²) in [5, 5.41) is 15.8. The average Bonchev–Trinajstić information content (AvgIpc) is 3.04. The number of fused-ring (bicyclic) bond motifs is 1. The summed E-state index contributed by atoms with van der Waals surface area (Å²) < 4.78 is 6.35. The second-order valence-electron chi connectivity index (χ2n) is 9.78. The monoisotopic (exact) mass is 443 g/mol. The Morgan fingerprint density at radius 3 is 2.72 bits per heavy atom. The number of hydrogen-bond acceptors (Lipinski definition) is 6. The van der Waals surface area contributed by atoms with Crippen LogP contribution in [0.2, 0.25) is 0 Å². The van der Waals surface area contributed by atoms with E-state index in [0.717, 1.165) is 43.5 Å². The molecule has 0 spiro atoms. The first-order valence-corrected chi connectivity index (χ1v) is 11.6. The third kappa shape index (κ3) is 5.13. The number of carbonyl (C=O) groups is 3. The first-order chi connectivity index (χ1) is 15.2. The van der Waals surface area contributed by atoms with Crippen molar-refractivity contribution in [3.05, 3.63) is 29.3 Å². The van der Waals surface area contributed by atoms with Gasteiger partial charge in [-0.1, -0.05) is 6.42 Å². The fourth-order valence-corrected chi connectivity index (χ4v) is 4.83. The summed E-state index contributed by atoms with van der Waals surface area (Å²) in [4.78, 5) is 38.1. The van der Waals surface area contributed by atoms with Gasteiger partial charge in [0, 0.05) is 24.6 Å². The Bertz CT molecular complexity index is 894. The lowest BCUT2D eigenvalue weighted by Gasteiger charge is -2.33. The van der Waals surface area contributed by atoms with Gasteiger partial charge in [0.15, 0.2) is 0 Å². The molecule has 8 nitrogen and oxygen atoms in total. The van der Waals surface area contributed by atoms with E-state index in [1.165, 1.54) is 0 Å². The van der Waals surface area contributed by atoms with E-state index in [0.29, 0.717) is 24.9 Å². The smallest absolute Gasteiger partial charge is 0.255 e. The number of piperidine rings is 1. The van der Waals surface area contributed by atoms with Crippen molar-refractivity contribution in [2.45, 2.75) is 89.1 Å². The molecule has 0 radical (unpaired) electrons. The SMILES string of the molecule is CC(C)(O)CCN[C@@H]1CCCC[C@H]1Oc1ccc2c(c1)CN(C1CCC(=O)NC1=O)C2=O. The summed E-state index contributed by atoms with van der Waals surface area (Å²) in [6, 6.07) is 5.12. The van der Waals surface area contributed by atoms with Gasteiger partial charge in [0.05, 0.1) is 5.60 Å². The van der Waals surface area contributed by atoms with Crippen molar-refractivity contribution in [3.63, 3.8) is 0 Å². The molecule has 0 aromatic heterocycles. The molecule has 2 aliphatic heterocycles. The van der Waals surface area contributed by atoms with Crippen molar-refractivity contribution >= 4 is 17.7 Å². The highest BCUT2D eigenvalue weighted by Gasteiger charge is 2.39.